The van der Waals surface area contributed by atoms with Gasteiger partial charge in [-0.05, 0) is 24.8 Å². The molecule has 4 heteroatoms. The number of hydrogen-bond acceptors (Lipinski definition) is 3. The molecule has 0 aromatic carbocycles. The Morgan fingerprint density at radius 3 is 3.00 bits per heavy atom. The van der Waals surface area contributed by atoms with Crippen molar-refractivity contribution in [3.63, 3.8) is 0 Å². The fourth-order valence-corrected chi connectivity index (χ4v) is 1.30. The van der Waals surface area contributed by atoms with E-state index in [0.717, 1.165) is 12.8 Å². The number of carbonyl (C=O) groups is 1. The predicted molar refractivity (Wildman–Crippen MR) is 48.3 cm³/mol. The van der Waals surface area contributed by atoms with Gasteiger partial charge in [-0.3, -0.25) is 4.79 Å². The molecule has 1 aliphatic carbocycles. The lowest BCUT2D eigenvalue weighted by molar-refractivity contribution is 0.0941. The normalized spacial score (nSPS) is 17.1. The number of amides is 1. The summed E-state index contributed by atoms with van der Waals surface area (Å²) in [5.41, 5.74) is 0.464. The summed E-state index contributed by atoms with van der Waals surface area (Å²) in [6, 6.07) is 3.32. The van der Waals surface area contributed by atoms with Gasteiger partial charge in [-0.25, -0.2) is 0 Å². The highest BCUT2D eigenvalue weighted by Gasteiger charge is 2.32. The van der Waals surface area contributed by atoms with E-state index in [1.165, 1.54) is 12.5 Å². The Kier molecular flexibility index (Phi) is 2.23. The Morgan fingerprint density at radius 1 is 1.71 bits per heavy atom. The van der Waals surface area contributed by atoms with Crippen LogP contribution in [-0.4, -0.2) is 11.9 Å². The Balaban J connectivity index is 1.97. The molecule has 1 heterocycles. The summed E-state index contributed by atoms with van der Waals surface area (Å²) in [5.74, 6) is 0.105. The number of rotatable bonds is 3. The van der Waals surface area contributed by atoms with Crippen LogP contribution in [0, 0.1) is 17.2 Å². The first kappa shape index (κ1) is 8.82. The molecule has 14 heavy (non-hydrogen) atoms. The molecule has 0 bridgehead atoms. The standard InChI is InChI=1S/C10H10N2O2/c11-5-9(7-1-2-7)12-10(13)8-3-4-14-6-8/h3-4,6-7,9H,1-2H2,(H,12,13). The van der Waals surface area contributed by atoms with E-state index in [2.05, 4.69) is 11.4 Å². The zero-order chi connectivity index (χ0) is 9.97. The van der Waals surface area contributed by atoms with Gasteiger partial charge in [0.15, 0.2) is 0 Å². The highest BCUT2D eigenvalue weighted by atomic mass is 16.3. The molecule has 2 rings (SSSR count). The second-order valence-corrected chi connectivity index (χ2v) is 3.43. The number of carbonyl (C=O) groups excluding carboxylic acids is 1. The van der Waals surface area contributed by atoms with Crippen molar-refractivity contribution in [1.82, 2.24) is 5.32 Å². The van der Waals surface area contributed by atoms with Gasteiger partial charge in [-0.2, -0.15) is 5.26 Å². The van der Waals surface area contributed by atoms with Crippen LogP contribution < -0.4 is 5.32 Å². The highest BCUT2D eigenvalue weighted by Crippen LogP contribution is 2.32. The number of nitriles is 1. The van der Waals surface area contributed by atoms with Crippen molar-refractivity contribution in [2.45, 2.75) is 18.9 Å². The summed E-state index contributed by atoms with van der Waals surface area (Å²) in [5, 5.41) is 11.5. The molecule has 0 radical (unpaired) electrons. The molecule has 72 valence electrons. The zero-order valence-electron chi connectivity index (χ0n) is 7.56. The Morgan fingerprint density at radius 2 is 2.50 bits per heavy atom. The average Bonchev–Trinajstić information content (AvgIpc) is 2.88. The van der Waals surface area contributed by atoms with Crippen LogP contribution in [0.4, 0.5) is 0 Å². The van der Waals surface area contributed by atoms with Crippen molar-refractivity contribution in [2.75, 3.05) is 0 Å². The van der Waals surface area contributed by atoms with E-state index in [0.29, 0.717) is 11.5 Å². The first-order chi connectivity index (χ1) is 6.81. The van der Waals surface area contributed by atoms with Gasteiger partial charge in [0.1, 0.15) is 12.3 Å². The molecule has 1 unspecified atom stereocenters. The minimum atomic E-state index is -0.350. The molecular weight excluding hydrogens is 180 g/mol. The monoisotopic (exact) mass is 190 g/mol. The smallest absolute Gasteiger partial charge is 0.255 e. The summed E-state index contributed by atoms with van der Waals surface area (Å²) >= 11 is 0. The number of hydrogen-bond donors (Lipinski definition) is 1. The maximum Gasteiger partial charge on any atom is 0.255 e. The molecule has 1 aromatic rings. The van der Waals surface area contributed by atoms with Crippen molar-refractivity contribution < 1.29 is 9.21 Å². The third-order valence-electron chi connectivity index (χ3n) is 2.30. The minimum Gasteiger partial charge on any atom is -0.472 e. The first-order valence-electron chi connectivity index (χ1n) is 4.54. The van der Waals surface area contributed by atoms with Gasteiger partial charge in [-0.1, -0.05) is 0 Å². The van der Waals surface area contributed by atoms with E-state index in [-0.39, 0.29) is 11.9 Å². The lowest BCUT2D eigenvalue weighted by Crippen LogP contribution is -2.35. The van der Waals surface area contributed by atoms with Gasteiger partial charge in [0.2, 0.25) is 0 Å². The molecule has 1 aromatic heterocycles. The van der Waals surface area contributed by atoms with E-state index in [1.54, 1.807) is 6.07 Å². The molecular formula is C10H10N2O2. The van der Waals surface area contributed by atoms with Crippen molar-refractivity contribution in [3.8, 4) is 6.07 Å². The summed E-state index contributed by atoms with van der Waals surface area (Å²) in [6.07, 6.45) is 4.87. The van der Waals surface area contributed by atoms with Crippen molar-refractivity contribution in [3.05, 3.63) is 24.2 Å². The molecule has 1 aliphatic rings. The lowest BCUT2D eigenvalue weighted by Gasteiger charge is -2.08. The maximum absolute atomic E-state index is 11.5. The Hall–Kier alpha value is -1.76. The van der Waals surface area contributed by atoms with Crippen molar-refractivity contribution >= 4 is 5.91 Å². The number of furan rings is 1. The lowest BCUT2D eigenvalue weighted by atomic mass is 10.2. The van der Waals surface area contributed by atoms with E-state index in [9.17, 15) is 4.79 Å². The molecule has 1 amide bonds. The average molecular weight is 190 g/mol. The zero-order valence-corrected chi connectivity index (χ0v) is 7.56. The maximum atomic E-state index is 11.5. The van der Waals surface area contributed by atoms with Crippen LogP contribution in [0.1, 0.15) is 23.2 Å². The van der Waals surface area contributed by atoms with Gasteiger partial charge >= 0.3 is 0 Å². The van der Waals surface area contributed by atoms with Crippen LogP contribution in [0.2, 0.25) is 0 Å². The molecule has 4 nitrogen and oxygen atoms in total. The SMILES string of the molecule is N#CC(NC(=O)c1ccoc1)C1CC1. The van der Waals surface area contributed by atoms with Gasteiger partial charge in [-0.15, -0.1) is 0 Å². The van der Waals surface area contributed by atoms with E-state index < -0.39 is 0 Å². The van der Waals surface area contributed by atoms with Gasteiger partial charge in [0.05, 0.1) is 17.9 Å². The molecule has 1 fully saturated rings. The largest absolute Gasteiger partial charge is 0.472 e. The first-order valence-corrected chi connectivity index (χ1v) is 4.54. The van der Waals surface area contributed by atoms with Gasteiger partial charge in [0, 0.05) is 0 Å². The van der Waals surface area contributed by atoms with Crippen LogP contribution >= 0.6 is 0 Å². The van der Waals surface area contributed by atoms with E-state index in [4.69, 9.17) is 9.68 Å². The molecule has 0 aliphatic heterocycles. The third kappa shape index (κ3) is 1.77. The van der Waals surface area contributed by atoms with Gasteiger partial charge in [0.25, 0.3) is 5.91 Å². The van der Waals surface area contributed by atoms with Crippen molar-refractivity contribution in [1.29, 1.82) is 5.26 Å². The molecule has 0 spiro atoms. The van der Waals surface area contributed by atoms with Gasteiger partial charge < -0.3 is 9.73 Å². The number of nitrogens with one attached hydrogen (secondary N) is 1. The molecule has 1 saturated carbocycles. The van der Waals surface area contributed by atoms with Crippen LogP contribution in [0.25, 0.3) is 0 Å². The summed E-state index contributed by atoms with van der Waals surface area (Å²) in [4.78, 5) is 11.5. The van der Waals surface area contributed by atoms with Crippen LogP contribution in [0.15, 0.2) is 23.0 Å². The highest BCUT2D eigenvalue weighted by molar-refractivity contribution is 5.94. The minimum absolute atomic E-state index is 0.239. The van der Waals surface area contributed by atoms with E-state index >= 15 is 0 Å². The summed E-state index contributed by atoms with van der Waals surface area (Å²) in [7, 11) is 0. The second-order valence-electron chi connectivity index (χ2n) is 3.43. The van der Waals surface area contributed by atoms with Crippen LogP contribution in [-0.2, 0) is 0 Å². The predicted octanol–water partition coefficient (Wildman–Crippen LogP) is 1.31. The fraction of sp³-hybridized carbons (Fsp3) is 0.400. The molecule has 0 saturated heterocycles. The second kappa shape index (κ2) is 3.54. The van der Waals surface area contributed by atoms with E-state index in [1.807, 2.05) is 0 Å². The fourth-order valence-electron chi connectivity index (χ4n) is 1.30. The van der Waals surface area contributed by atoms with Crippen LogP contribution in [0.3, 0.4) is 0 Å². The number of nitrogens with zero attached hydrogens (tertiary/aromatic N) is 1. The summed E-state index contributed by atoms with van der Waals surface area (Å²) in [6.45, 7) is 0. The molecule has 1 N–H and O–H groups in total. The van der Waals surface area contributed by atoms with Crippen LogP contribution in [0.5, 0.6) is 0 Å². The topological polar surface area (TPSA) is 66.0 Å². The quantitative estimate of drug-likeness (QED) is 0.781. The Labute approximate surface area is 81.5 Å². The Bertz CT molecular complexity index is 360. The molecule has 1 atom stereocenters. The van der Waals surface area contributed by atoms with Crippen molar-refractivity contribution in [2.24, 2.45) is 5.92 Å². The third-order valence-corrected chi connectivity index (χ3v) is 2.30. The summed E-state index contributed by atoms with van der Waals surface area (Å²) < 4.78 is 4.78.